The summed E-state index contributed by atoms with van der Waals surface area (Å²) in [6, 6.07) is 12.0. The molecular formula is C17H19N5. The lowest BCUT2D eigenvalue weighted by molar-refractivity contribution is 0.677. The topological polar surface area (TPSA) is 55.6 Å². The molecule has 3 heterocycles. The second kappa shape index (κ2) is 6.49. The van der Waals surface area contributed by atoms with Crippen molar-refractivity contribution in [1.82, 2.24) is 25.1 Å². The Labute approximate surface area is 130 Å². The molecule has 3 aromatic rings. The summed E-state index contributed by atoms with van der Waals surface area (Å²) in [6.45, 7) is 5.53. The fourth-order valence-corrected chi connectivity index (χ4v) is 2.34. The fraction of sp³-hybridized carbons (Fsp3) is 0.235. The standard InChI is InChI=1S/C17H19N5/c1-13-9-14(2)22(21-13)17-7-6-15(11-20-17)10-18-12-16-5-3-4-8-19-16/h3-9,11,18H,10,12H2,1-2H3. The maximum atomic E-state index is 4.49. The summed E-state index contributed by atoms with van der Waals surface area (Å²) in [6.07, 6.45) is 3.69. The number of aromatic nitrogens is 4. The van der Waals surface area contributed by atoms with Gasteiger partial charge in [-0.25, -0.2) is 9.67 Å². The van der Waals surface area contributed by atoms with Crippen molar-refractivity contribution in [3.8, 4) is 5.82 Å². The van der Waals surface area contributed by atoms with Crippen LogP contribution in [0.15, 0.2) is 48.8 Å². The van der Waals surface area contributed by atoms with Gasteiger partial charge in [-0.15, -0.1) is 0 Å². The monoisotopic (exact) mass is 293 g/mol. The zero-order chi connectivity index (χ0) is 15.4. The predicted molar refractivity (Wildman–Crippen MR) is 85.6 cm³/mol. The lowest BCUT2D eigenvalue weighted by Crippen LogP contribution is -2.14. The molecule has 3 rings (SSSR count). The average molecular weight is 293 g/mol. The Bertz CT molecular complexity index is 732. The zero-order valence-electron chi connectivity index (χ0n) is 12.8. The van der Waals surface area contributed by atoms with E-state index in [2.05, 4.69) is 26.4 Å². The molecular weight excluding hydrogens is 274 g/mol. The Morgan fingerprint density at radius 3 is 2.59 bits per heavy atom. The van der Waals surface area contributed by atoms with Crippen LogP contribution in [0.4, 0.5) is 0 Å². The van der Waals surface area contributed by atoms with E-state index in [1.807, 2.05) is 61.3 Å². The second-order valence-electron chi connectivity index (χ2n) is 5.29. The summed E-state index contributed by atoms with van der Waals surface area (Å²) in [5, 5.41) is 7.81. The molecule has 0 amide bonds. The number of pyridine rings is 2. The molecule has 0 fully saturated rings. The SMILES string of the molecule is Cc1cc(C)n(-c2ccc(CNCc3ccccn3)cn2)n1. The third kappa shape index (κ3) is 3.38. The molecule has 5 heteroatoms. The smallest absolute Gasteiger partial charge is 0.153 e. The first-order valence-corrected chi connectivity index (χ1v) is 7.31. The van der Waals surface area contributed by atoms with Crippen molar-refractivity contribution >= 4 is 0 Å². The minimum absolute atomic E-state index is 0.750. The third-order valence-electron chi connectivity index (χ3n) is 3.40. The van der Waals surface area contributed by atoms with Gasteiger partial charge in [-0.1, -0.05) is 12.1 Å². The van der Waals surface area contributed by atoms with Gasteiger partial charge in [-0.05, 0) is 43.7 Å². The quantitative estimate of drug-likeness (QED) is 0.785. The van der Waals surface area contributed by atoms with Crippen LogP contribution in [0.2, 0.25) is 0 Å². The number of rotatable bonds is 5. The van der Waals surface area contributed by atoms with Crippen LogP contribution in [-0.2, 0) is 13.1 Å². The van der Waals surface area contributed by atoms with Crippen LogP contribution in [-0.4, -0.2) is 19.7 Å². The zero-order valence-corrected chi connectivity index (χ0v) is 12.8. The van der Waals surface area contributed by atoms with Gasteiger partial charge in [0.1, 0.15) is 0 Å². The summed E-state index contributed by atoms with van der Waals surface area (Å²) in [7, 11) is 0. The Hall–Kier alpha value is -2.53. The summed E-state index contributed by atoms with van der Waals surface area (Å²) in [5.74, 6) is 0.846. The van der Waals surface area contributed by atoms with Gasteiger partial charge in [-0.3, -0.25) is 4.98 Å². The van der Waals surface area contributed by atoms with Crippen LogP contribution in [0.25, 0.3) is 5.82 Å². The molecule has 5 nitrogen and oxygen atoms in total. The van der Waals surface area contributed by atoms with Gasteiger partial charge in [0, 0.05) is 31.2 Å². The molecule has 0 aromatic carbocycles. The van der Waals surface area contributed by atoms with Crippen molar-refractivity contribution in [2.45, 2.75) is 26.9 Å². The first-order valence-electron chi connectivity index (χ1n) is 7.31. The molecule has 0 aliphatic rings. The van der Waals surface area contributed by atoms with Crippen molar-refractivity contribution in [2.75, 3.05) is 0 Å². The summed E-state index contributed by atoms with van der Waals surface area (Å²) in [4.78, 5) is 8.78. The Balaban J connectivity index is 1.61. The summed E-state index contributed by atoms with van der Waals surface area (Å²) in [5.41, 5.74) is 4.27. The number of nitrogens with one attached hydrogen (secondary N) is 1. The van der Waals surface area contributed by atoms with E-state index in [9.17, 15) is 0 Å². The largest absolute Gasteiger partial charge is 0.307 e. The van der Waals surface area contributed by atoms with Gasteiger partial charge in [0.2, 0.25) is 0 Å². The maximum absolute atomic E-state index is 4.49. The van der Waals surface area contributed by atoms with Crippen molar-refractivity contribution in [3.05, 3.63) is 71.4 Å². The van der Waals surface area contributed by atoms with Crippen LogP contribution in [0, 0.1) is 13.8 Å². The number of nitrogens with zero attached hydrogens (tertiary/aromatic N) is 4. The maximum Gasteiger partial charge on any atom is 0.153 e. The molecule has 0 unspecified atom stereocenters. The van der Waals surface area contributed by atoms with Crippen molar-refractivity contribution in [1.29, 1.82) is 0 Å². The molecule has 0 aliphatic heterocycles. The second-order valence-corrected chi connectivity index (χ2v) is 5.29. The van der Waals surface area contributed by atoms with Crippen LogP contribution in [0.5, 0.6) is 0 Å². The van der Waals surface area contributed by atoms with Crippen molar-refractivity contribution in [2.24, 2.45) is 0 Å². The first-order chi connectivity index (χ1) is 10.7. The molecule has 0 spiro atoms. The van der Waals surface area contributed by atoms with E-state index in [-0.39, 0.29) is 0 Å². The van der Waals surface area contributed by atoms with Crippen molar-refractivity contribution < 1.29 is 0 Å². The van der Waals surface area contributed by atoms with Crippen LogP contribution >= 0.6 is 0 Å². The predicted octanol–water partition coefficient (Wildman–Crippen LogP) is 2.57. The summed E-state index contributed by atoms with van der Waals surface area (Å²) < 4.78 is 1.86. The minimum atomic E-state index is 0.750. The van der Waals surface area contributed by atoms with Crippen molar-refractivity contribution in [3.63, 3.8) is 0 Å². The van der Waals surface area contributed by atoms with E-state index < -0.39 is 0 Å². The Kier molecular flexibility index (Phi) is 4.25. The highest BCUT2D eigenvalue weighted by Gasteiger charge is 2.04. The van der Waals surface area contributed by atoms with E-state index in [0.717, 1.165) is 41.6 Å². The first kappa shape index (κ1) is 14.4. The fourth-order valence-electron chi connectivity index (χ4n) is 2.34. The average Bonchev–Trinajstić information content (AvgIpc) is 2.88. The highest BCUT2D eigenvalue weighted by Crippen LogP contribution is 2.10. The van der Waals surface area contributed by atoms with Crippen LogP contribution < -0.4 is 5.32 Å². The highest BCUT2D eigenvalue weighted by atomic mass is 15.3. The molecule has 0 saturated carbocycles. The molecule has 0 atom stereocenters. The molecule has 0 bridgehead atoms. The number of hydrogen-bond donors (Lipinski definition) is 1. The number of aryl methyl sites for hydroxylation is 2. The molecule has 112 valence electrons. The lowest BCUT2D eigenvalue weighted by Gasteiger charge is -2.06. The minimum Gasteiger partial charge on any atom is -0.307 e. The van der Waals surface area contributed by atoms with Gasteiger partial charge in [0.15, 0.2) is 5.82 Å². The molecule has 0 saturated heterocycles. The summed E-state index contributed by atoms with van der Waals surface area (Å²) >= 11 is 0. The van der Waals surface area contributed by atoms with E-state index in [4.69, 9.17) is 0 Å². The number of hydrogen-bond acceptors (Lipinski definition) is 4. The van der Waals surface area contributed by atoms with Gasteiger partial charge in [0.25, 0.3) is 0 Å². The van der Waals surface area contributed by atoms with E-state index in [1.54, 1.807) is 0 Å². The Morgan fingerprint density at radius 1 is 1.05 bits per heavy atom. The Morgan fingerprint density at radius 2 is 1.95 bits per heavy atom. The molecule has 3 aromatic heterocycles. The van der Waals surface area contributed by atoms with Gasteiger partial charge >= 0.3 is 0 Å². The molecule has 22 heavy (non-hydrogen) atoms. The van der Waals surface area contributed by atoms with E-state index >= 15 is 0 Å². The van der Waals surface area contributed by atoms with E-state index in [1.165, 1.54) is 0 Å². The lowest BCUT2D eigenvalue weighted by atomic mass is 10.2. The molecule has 0 radical (unpaired) electrons. The van der Waals surface area contributed by atoms with Crippen LogP contribution in [0.3, 0.4) is 0 Å². The normalized spacial score (nSPS) is 10.8. The molecule has 1 N–H and O–H groups in total. The van der Waals surface area contributed by atoms with Crippen LogP contribution in [0.1, 0.15) is 22.6 Å². The van der Waals surface area contributed by atoms with Gasteiger partial charge < -0.3 is 5.32 Å². The highest BCUT2D eigenvalue weighted by molar-refractivity contribution is 5.27. The van der Waals surface area contributed by atoms with Gasteiger partial charge in [0.05, 0.1) is 11.4 Å². The third-order valence-corrected chi connectivity index (χ3v) is 3.40. The molecule has 0 aliphatic carbocycles. The van der Waals surface area contributed by atoms with E-state index in [0.29, 0.717) is 0 Å². The van der Waals surface area contributed by atoms with Gasteiger partial charge in [-0.2, -0.15) is 5.10 Å².